The van der Waals surface area contributed by atoms with Crippen LogP contribution in [0, 0.1) is 0 Å². The average molecular weight is 479 g/mol. The Labute approximate surface area is 198 Å². The second-order valence-electron chi connectivity index (χ2n) is 7.66. The molecule has 0 saturated carbocycles. The summed E-state index contributed by atoms with van der Waals surface area (Å²) in [5.74, 6) is 0.545. The van der Waals surface area contributed by atoms with Crippen LogP contribution in [0.1, 0.15) is 42.3 Å². The van der Waals surface area contributed by atoms with Crippen LogP contribution < -0.4 is 14.2 Å². The van der Waals surface area contributed by atoms with Crippen molar-refractivity contribution in [2.24, 2.45) is 0 Å². The highest BCUT2D eigenvalue weighted by molar-refractivity contribution is 6.27. The summed E-state index contributed by atoms with van der Waals surface area (Å²) in [7, 11) is 3.76. The minimum absolute atomic E-state index is 0.0468. The zero-order valence-electron chi connectivity index (χ0n) is 20.3. The molecule has 2 rings (SSSR count). The average Bonchev–Trinajstić information content (AvgIpc) is 2.83. The number of methoxy groups -OCH3 is 3. The van der Waals surface area contributed by atoms with Crippen LogP contribution in [-0.4, -0.2) is 57.3 Å². The number of benzene rings is 2. The van der Waals surface area contributed by atoms with Crippen molar-refractivity contribution in [1.82, 2.24) is 0 Å². The van der Waals surface area contributed by atoms with Crippen molar-refractivity contribution >= 4 is 15.5 Å². The van der Waals surface area contributed by atoms with Gasteiger partial charge in [-0.05, 0) is 26.0 Å². The quantitative estimate of drug-likeness (QED) is 0.218. The highest BCUT2D eigenvalue weighted by Gasteiger charge is 2.34. The van der Waals surface area contributed by atoms with Crippen LogP contribution in [0.15, 0.2) is 36.4 Å². The van der Waals surface area contributed by atoms with Gasteiger partial charge in [0.15, 0.2) is 41.6 Å². The van der Waals surface area contributed by atoms with Crippen molar-refractivity contribution in [2.45, 2.75) is 32.4 Å². The van der Waals surface area contributed by atoms with E-state index >= 15 is 0 Å². The lowest BCUT2D eigenvalue weighted by atomic mass is 9.92. The predicted molar refractivity (Wildman–Crippen MR) is 127 cm³/mol. The van der Waals surface area contributed by atoms with Gasteiger partial charge < -0.3 is 32.8 Å². The van der Waals surface area contributed by atoms with E-state index in [0.717, 1.165) is 6.04 Å². The summed E-state index contributed by atoms with van der Waals surface area (Å²) in [6.45, 7) is 5.78. The van der Waals surface area contributed by atoms with Crippen LogP contribution in [0.5, 0.6) is 17.2 Å². The molecule has 182 valence electrons. The smallest absolute Gasteiger partial charge is 0.200 e. The summed E-state index contributed by atoms with van der Waals surface area (Å²) < 4.78 is 39.4. The maximum Gasteiger partial charge on any atom is 0.200 e. The summed E-state index contributed by atoms with van der Waals surface area (Å²) in [5, 5.41) is 0. The van der Waals surface area contributed by atoms with E-state index in [0.29, 0.717) is 22.6 Å². The minimum Gasteiger partial charge on any atom is -0.467 e. The molecule has 33 heavy (non-hydrogen) atoms. The Kier molecular flexibility index (Phi) is 10.8. The zero-order chi connectivity index (χ0) is 24.3. The Morgan fingerprint density at radius 1 is 0.879 bits per heavy atom. The number of rotatable bonds is 15. The van der Waals surface area contributed by atoms with Gasteiger partial charge in [-0.3, -0.25) is 4.79 Å². The highest BCUT2D eigenvalue weighted by atomic mass is 28.2. The Hall–Kier alpha value is -2.43. The van der Waals surface area contributed by atoms with Gasteiger partial charge in [0.2, 0.25) is 5.78 Å². The summed E-state index contributed by atoms with van der Waals surface area (Å²) in [4.78, 5) is 13.6. The van der Waals surface area contributed by atoms with E-state index < -0.39 is 15.4 Å². The fourth-order valence-electron chi connectivity index (χ4n) is 3.20. The fraction of sp³-hybridized carbons (Fsp3) is 0.458. The summed E-state index contributed by atoms with van der Waals surface area (Å²) in [6.07, 6.45) is 0. The summed E-state index contributed by atoms with van der Waals surface area (Å²) in [5.41, 5.74) is 0.619. The molecule has 0 spiro atoms. The Morgan fingerprint density at radius 3 is 2.03 bits per heavy atom. The molecule has 9 heteroatoms. The van der Waals surface area contributed by atoms with E-state index in [1.165, 1.54) is 21.3 Å². The first-order valence-electron chi connectivity index (χ1n) is 10.7. The van der Waals surface area contributed by atoms with Crippen molar-refractivity contribution in [2.75, 3.05) is 41.7 Å². The molecule has 0 radical (unpaired) electrons. The van der Waals surface area contributed by atoms with Crippen LogP contribution in [0.25, 0.3) is 0 Å². The number of hydrogen-bond acceptors (Lipinski definition) is 8. The molecular weight excluding hydrogens is 444 g/mol. The van der Waals surface area contributed by atoms with Gasteiger partial charge in [-0.25, -0.2) is 0 Å². The van der Waals surface area contributed by atoms with Crippen molar-refractivity contribution in [3.05, 3.63) is 53.1 Å². The van der Waals surface area contributed by atoms with Crippen molar-refractivity contribution in [3.8, 4) is 17.2 Å². The highest BCUT2D eigenvalue weighted by Crippen LogP contribution is 2.47. The van der Waals surface area contributed by atoms with E-state index in [1.54, 1.807) is 30.3 Å². The van der Waals surface area contributed by atoms with Crippen molar-refractivity contribution < 1.29 is 37.6 Å². The Morgan fingerprint density at radius 2 is 1.45 bits per heavy atom. The van der Waals surface area contributed by atoms with Gasteiger partial charge in [0.1, 0.15) is 11.3 Å². The topological polar surface area (TPSA) is 81.7 Å². The molecule has 0 amide bonds. The Balaban J connectivity index is 2.81. The minimum atomic E-state index is -0.770. The second-order valence-corrected chi connectivity index (χ2v) is 9.36. The van der Waals surface area contributed by atoms with Crippen LogP contribution in [-0.2, 0) is 24.2 Å². The van der Waals surface area contributed by atoms with Gasteiger partial charge in [0.05, 0.1) is 5.60 Å². The van der Waals surface area contributed by atoms with Gasteiger partial charge in [0.25, 0.3) is 0 Å². The molecular formula is C24H34O8Si. The van der Waals surface area contributed by atoms with Gasteiger partial charge in [-0.2, -0.15) is 0 Å². The van der Waals surface area contributed by atoms with E-state index in [1.807, 2.05) is 19.9 Å². The third kappa shape index (κ3) is 7.02. The SMILES string of the molecule is CC[SiH2]OC(C)(C)c1cc(OCOC)c(C(=O)c2ccccc2)c(OCOC)c1OCOC. The maximum atomic E-state index is 13.6. The van der Waals surface area contributed by atoms with E-state index in [-0.39, 0.29) is 37.5 Å². The molecule has 0 unspecified atom stereocenters. The van der Waals surface area contributed by atoms with Gasteiger partial charge in [-0.1, -0.05) is 37.3 Å². The maximum absolute atomic E-state index is 13.6. The Bertz CT molecular complexity index is 886. The van der Waals surface area contributed by atoms with Gasteiger partial charge in [0, 0.05) is 32.5 Å². The summed E-state index contributed by atoms with van der Waals surface area (Å²) >= 11 is 0. The normalized spacial score (nSPS) is 11.7. The van der Waals surface area contributed by atoms with Gasteiger partial charge >= 0.3 is 0 Å². The molecule has 2 aromatic carbocycles. The largest absolute Gasteiger partial charge is 0.467 e. The first-order valence-corrected chi connectivity index (χ1v) is 12.3. The number of ether oxygens (including phenoxy) is 6. The number of hydrogen-bond donors (Lipinski definition) is 0. The number of carbonyl (C=O) groups excluding carboxylic acids is 1. The first kappa shape index (κ1) is 26.8. The zero-order valence-corrected chi connectivity index (χ0v) is 21.7. The van der Waals surface area contributed by atoms with Crippen LogP contribution >= 0.6 is 0 Å². The van der Waals surface area contributed by atoms with E-state index in [9.17, 15) is 4.79 Å². The molecule has 0 atom stereocenters. The first-order chi connectivity index (χ1) is 15.9. The molecule has 0 fully saturated rings. The number of ketones is 1. The molecule has 0 aliphatic heterocycles. The van der Waals surface area contributed by atoms with Gasteiger partial charge in [-0.15, -0.1) is 0 Å². The molecule has 8 nitrogen and oxygen atoms in total. The van der Waals surface area contributed by atoms with Crippen molar-refractivity contribution in [1.29, 1.82) is 0 Å². The van der Waals surface area contributed by atoms with Crippen LogP contribution in [0.2, 0.25) is 6.04 Å². The summed E-state index contributed by atoms with van der Waals surface area (Å²) in [6, 6.07) is 11.6. The molecule has 0 heterocycles. The van der Waals surface area contributed by atoms with Crippen molar-refractivity contribution in [3.63, 3.8) is 0 Å². The van der Waals surface area contributed by atoms with Crippen LogP contribution in [0.4, 0.5) is 0 Å². The lowest BCUT2D eigenvalue weighted by Gasteiger charge is -2.31. The lowest BCUT2D eigenvalue weighted by molar-refractivity contribution is 0.0250. The molecule has 0 bridgehead atoms. The molecule has 0 saturated heterocycles. The second kappa shape index (κ2) is 13.3. The molecule has 0 aliphatic carbocycles. The molecule has 2 aromatic rings. The molecule has 0 N–H and O–H groups in total. The fourth-order valence-corrected chi connectivity index (χ4v) is 4.07. The third-order valence-electron chi connectivity index (χ3n) is 4.75. The van der Waals surface area contributed by atoms with Crippen LogP contribution in [0.3, 0.4) is 0 Å². The predicted octanol–water partition coefficient (Wildman–Crippen LogP) is 3.64. The lowest BCUT2D eigenvalue weighted by Crippen LogP contribution is -2.26. The van der Waals surface area contributed by atoms with E-state index in [4.69, 9.17) is 32.8 Å². The third-order valence-corrected chi connectivity index (χ3v) is 6.09. The standard InChI is InChI=1S/C24H34O8Si/c1-7-33-32-24(2,3)18-13-19(29-14-26-4)20(21(25)17-11-9-8-10-12-17)23(31-16-28-6)22(18)30-15-27-5/h8-13H,7,14-16,33H2,1-6H3. The number of carbonyl (C=O) groups is 1. The molecule has 0 aromatic heterocycles. The monoisotopic (exact) mass is 478 g/mol. The molecule has 0 aliphatic rings. The van der Waals surface area contributed by atoms with E-state index in [2.05, 4.69) is 6.92 Å².